The lowest BCUT2D eigenvalue weighted by molar-refractivity contribution is 0.548. The van der Waals surface area contributed by atoms with E-state index in [1.807, 2.05) is 67.6 Å². The highest BCUT2D eigenvalue weighted by Gasteiger charge is 2.31. The molecule has 0 aliphatic heterocycles. The standard InChI is InChI=1S/C33H27FN2O3/c1-20-26(19-24-15-9-10-16-27(24)34)28-31(39-33(20)38)29(21(2)36(32(28)37)25-17-18-25)35-30(22-11-5-3-6-12-22)23-13-7-4-8-14-23/h3-16,25H,17-19H2,1-2H3. The van der Waals surface area contributed by atoms with Crippen molar-refractivity contribution in [3.8, 4) is 0 Å². The molecule has 0 amide bonds. The molecule has 5 aromatic rings. The molecule has 0 unspecified atom stereocenters. The highest BCUT2D eigenvalue weighted by atomic mass is 19.1. The fourth-order valence-corrected chi connectivity index (χ4v) is 5.17. The zero-order valence-corrected chi connectivity index (χ0v) is 21.8. The molecule has 1 aliphatic carbocycles. The van der Waals surface area contributed by atoms with Gasteiger partial charge in [0, 0.05) is 34.8 Å². The van der Waals surface area contributed by atoms with Gasteiger partial charge in [0.1, 0.15) is 11.5 Å². The van der Waals surface area contributed by atoms with E-state index < -0.39 is 5.63 Å². The van der Waals surface area contributed by atoms with Crippen LogP contribution in [0.25, 0.3) is 11.0 Å². The Bertz CT molecular complexity index is 1810. The summed E-state index contributed by atoms with van der Waals surface area (Å²) in [5.41, 5.74) is 4.08. The van der Waals surface area contributed by atoms with Crippen LogP contribution in [0.2, 0.25) is 0 Å². The van der Waals surface area contributed by atoms with E-state index in [1.54, 1.807) is 29.7 Å². The third kappa shape index (κ3) is 4.52. The molecule has 0 N–H and O–H groups in total. The topological polar surface area (TPSA) is 64.6 Å². The third-order valence-electron chi connectivity index (χ3n) is 7.39. The molecule has 39 heavy (non-hydrogen) atoms. The number of rotatable bonds is 6. The smallest absolute Gasteiger partial charge is 0.339 e. The van der Waals surface area contributed by atoms with Crippen LogP contribution < -0.4 is 11.2 Å². The molecule has 194 valence electrons. The summed E-state index contributed by atoms with van der Waals surface area (Å²) in [6, 6.07) is 26.0. The maximum atomic E-state index is 14.7. The first kappa shape index (κ1) is 24.7. The summed E-state index contributed by atoms with van der Waals surface area (Å²) in [6.07, 6.45) is 1.87. The molecule has 0 radical (unpaired) electrons. The van der Waals surface area contributed by atoms with Crippen molar-refractivity contribution in [2.24, 2.45) is 4.99 Å². The van der Waals surface area contributed by atoms with Crippen LogP contribution in [0.5, 0.6) is 0 Å². The minimum atomic E-state index is -0.561. The van der Waals surface area contributed by atoms with Crippen LogP contribution in [0.1, 0.15) is 52.4 Å². The Morgan fingerprint density at radius 2 is 1.49 bits per heavy atom. The van der Waals surface area contributed by atoms with Crippen molar-refractivity contribution in [1.29, 1.82) is 0 Å². The van der Waals surface area contributed by atoms with Crippen LogP contribution in [-0.2, 0) is 6.42 Å². The second kappa shape index (κ2) is 9.95. The third-order valence-corrected chi connectivity index (χ3v) is 7.39. The highest BCUT2D eigenvalue weighted by molar-refractivity contribution is 6.14. The van der Waals surface area contributed by atoms with E-state index in [-0.39, 0.29) is 34.8 Å². The summed E-state index contributed by atoms with van der Waals surface area (Å²) >= 11 is 0. The predicted molar refractivity (Wildman–Crippen MR) is 152 cm³/mol. The number of aromatic nitrogens is 1. The number of pyridine rings is 1. The molecule has 3 aromatic carbocycles. The van der Waals surface area contributed by atoms with E-state index in [0.717, 1.165) is 24.0 Å². The maximum absolute atomic E-state index is 14.7. The molecule has 0 saturated heterocycles. The Morgan fingerprint density at radius 3 is 2.08 bits per heavy atom. The number of benzene rings is 3. The van der Waals surface area contributed by atoms with Crippen LogP contribution in [0, 0.1) is 19.7 Å². The van der Waals surface area contributed by atoms with Crippen molar-refractivity contribution >= 4 is 22.4 Å². The van der Waals surface area contributed by atoms with E-state index in [2.05, 4.69) is 0 Å². The Morgan fingerprint density at radius 1 is 0.897 bits per heavy atom. The Labute approximate surface area is 224 Å². The van der Waals surface area contributed by atoms with Gasteiger partial charge in [0.15, 0.2) is 5.58 Å². The molecule has 1 saturated carbocycles. The highest BCUT2D eigenvalue weighted by Crippen LogP contribution is 2.39. The van der Waals surface area contributed by atoms with E-state index >= 15 is 0 Å². The largest absolute Gasteiger partial charge is 0.420 e. The van der Waals surface area contributed by atoms with Gasteiger partial charge in [0.25, 0.3) is 5.56 Å². The first-order valence-electron chi connectivity index (χ1n) is 13.1. The van der Waals surface area contributed by atoms with Crippen molar-refractivity contribution in [3.63, 3.8) is 0 Å². The number of aliphatic imine (C=N–C) groups is 1. The normalized spacial score (nSPS) is 13.0. The second-order valence-electron chi connectivity index (χ2n) is 10.00. The van der Waals surface area contributed by atoms with E-state index in [1.165, 1.54) is 6.07 Å². The fraction of sp³-hybridized carbons (Fsp3) is 0.182. The van der Waals surface area contributed by atoms with Gasteiger partial charge in [-0.3, -0.25) is 4.79 Å². The lowest BCUT2D eigenvalue weighted by Crippen LogP contribution is -2.25. The van der Waals surface area contributed by atoms with Crippen molar-refractivity contribution in [2.75, 3.05) is 0 Å². The second-order valence-corrected chi connectivity index (χ2v) is 10.00. The van der Waals surface area contributed by atoms with Gasteiger partial charge in [0.05, 0.1) is 11.1 Å². The minimum Gasteiger partial charge on any atom is -0.420 e. The lowest BCUT2D eigenvalue weighted by atomic mass is 9.97. The number of halogens is 1. The maximum Gasteiger partial charge on any atom is 0.339 e. The van der Waals surface area contributed by atoms with Crippen molar-refractivity contribution in [2.45, 2.75) is 39.2 Å². The molecule has 2 heterocycles. The molecule has 0 bridgehead atoms. The van der Waals surface area contributed by atoms with Crippen molar-refractivity contribution in [3.05, 3.63) is 145 Å². The van der Waals surface area contributed by atoms with E-state index in [9.17, 15) is 14.0 Å². The SMILES string of the molecule is Cc1c(Cc2ccccc2F)c2c(=O)n(C3CC3)c(C)c(N=C(c3ccccc3)c3ccccc3)c2oc1=O. The lowest BCUT2D eigenvalue weighted by Gasteiger charge is -2.18. The Hall–Kier alpha value is -4.58. The van der Waals surface area contributed by atoms with Gasteiger partial charge in [0.2, 0.25) is 0 Å². The van der Waals surface area contributed by atoms with Crippen LogP contribution in [-0.4, -0.2) is 10.3 Å². The van der Waals surface area contributed by atoms with Gasteiger partial charge >= 0.3 is 5.63 Å². The number of hydrogen-bond acceptors (Lipinski definition) is 4. The molecule has 6 rings (SSSR count). The van der Waals surface area contributed by atoms with E-state index in [4.69, 9.17) is 9.41 Å². The molecule has 0 spiro atoms. The summed E-state index contributed by atoms with van der Waals surface area (Å²) in [7, 11) is 0. The monoisotopic (exact) mass is 518 g/mol. The van der Waals surface area contributed by atoms with Crippen LogP contribution in [0.4, 0.5) is 10.1 Å². The quantitative estimate of drug-likeness (QED) is 0.232. The molecule has 1 aliphatic rings. The molecule has 2 aromatic heterocycles. The number of fused-ring (bicyclic) bond motifs is 1. The van der Waals surface area contributed by atoms with Gasteiger partial charge < -0.3 is 8.98 Å². The average Bonchev–Trinajstić information content (AvgIpc) is 3.78. The first-order chi connectivity index (χ1) is 18.9. The zero-order valence-electron chi connectivity index (χ0n) is 21.8. The molecule has 0 atom stereocenters. The minimum absolute atomic E-state index is 0.0568. The molecule has 5 nitrogen and oxygen atoms in total. The van der Waals surface area contributed by atoms with Crippen LogP contribution in [0.3, 0.4) is 0 Å². The van der Waals surface area contributed by atoms with Gasteiger partial charge in [-0.05, 0) is 43.9 Å². The summed E-state index contributed by atoms with van der Waals surface area (Å²) < 4.78 is 22.3. The number of nitrogens with zero attached hydrogens (tertiary/aromatic N) is 2. The summed E-state index contributed by atoms with van der Waals surface area (Å²) in [4.78, 5) is 32.3. The van der Waals surface area contributed by atoms with Gasteiger partial charge in [-0.25, -0.2) is 14.2 Å². The van der Waals surface area contributed by atoms with Crippen molar-refractivity contribution in [1.82, 2.24) is 4.57 Å². The number of hydrogen-bond donors (Lipinski definition) is 0. The van der Waals surface area contributed by atoms with Gasteiger partial charge in [-0.15, -0.1) is 0 Å². The zero-order chi connectivity index (χ0) is 27.1. The molecular formula is C33H27FN2O3. The summed E-state index contributed by atoms with van der Waals surface area (Å²) in [6.45, 7) is 3.48. The molecule has 1 fully saturated rings. The fourth-order valence-electron chi connectivity index (χ4n) is 5.17. The Balaban J connectivity index is 1.71. The van der Waals surface area contributed by atoms with Crippen molar-refractivity contribution < 1.29 is 8.81 Å². The Kier molecular flexibility index (Phi) is 6.31. The van der Waals surface area contributed by atoms with Crippen LogP contribution in [0.15, 0.2) is 104 Å². The summed E-state index contributed by atoms with van der Waals surface area (Å²) in [5, 5.41) is 0.284. The van der Waals surface area contributed by atoms with Gasteiger partial charge in [-0.1, -0.05) is 78.9 Å². The predicted octanol–water partition coefficient (Wildman–Crippen LogP) is 6.81. The first-order valence-corrected chi connectivity index (χ1v) is 13.1. The van der Waals surface area contributed by atoms with Gasteiger partial charge in [-0.2, -0.15) is 0 Å². The molecule has 6 heteroatoms. The van der Waals surface area contributed by atoms with Crippen LogP contribution >= 0.6 is 0 Å². The summed E-state index contributed by atoms with van der Waals surface area (Å²) in [5.74, 6) is -0.387. The van der Waals surface area contributed by atoms with E-state index in [0.29, 0.717) is 33.8 Å². The average molecular weight is 519 g/mol. The molecular weight excluding hydrogens is 491 g/mol.